The van der Waals surface area contributed by atoms with Gasteiger partial charge in [-0.1, -0.05) is 34.6 Å². The highest BCUT2D eigenvalue weighted by Crippen LogP contribution is 2.45. The Hall–Kier alpha value is -1.50. The SMILES string of the molecule is CC[C@H]1OC(=O)[C@H](C)[C@@H](C2C[C@@](C)(OC)[C@@H](O)[C@H](C)O2)[C@H](C)[C@@H](O[C@@H]2O[C@H](C)C[C@H](N(C)C(C)C)[C@H]2O)[C@](C)(O)C[C@@H](C)[C@H](OCCNC=O)[C@H](C)[C@@H](O)[C@]1(C)O. The molecule has 3 rings (SSSR count). The van der Waals surface area contributed by atoms with Gasteiger partial charge in [0.05, 0.1) is 60.4 Å². The molecule has 3 aliphatic rings. The van der Waals surface area contributed by atoms with E-state index in [1.807, 2.05) is 41.7 Å². The summed E-state index contributed by atoms with van der Waals surface area (Å²) < 4.78 is 38.1. The van der Waals surface area contributed by atoms with Crippen LogP contribution in [0.25, 0.3) is 0 Å². The Morgan fingerprint density at radius 2 is 1.61 bits per heavy atom. The molecule has 57 heavy (non-hydrogen) atoms. The van der Waals surface area contributed by atoms with Crippen LogP contribution in [0.1, 0.15) is 109 Å². The fourth-order valence-electron chi connectivity index (χ4n) is 10.0. The first kappa shape index (κ1) is 49.9. The summed E-state index contributed by atoms with van der Waals surface area (Å²) in [7, 11) is 3.47. The van der Waals surface area contributed by atoms with Gasteiger partial charge in [-0.3, -0.25) is 14.5 Å². The number of methoxy groups -OCH3 is 1. The van der Waals surface area contributed by atoms with Crippen molar-refractivity contribution in [3.05, 3.63) is 0 Å². The fraction of sp³-hybridized carbons (Fsp3) is 0.952. The fourth-order valence-corrected chi connectivity index (χ4v) is 10.0. The highest BCUT2D eigenvalue weighted by Gasteiger charge is 2.56. The lowest BCUT2D eigenvalue weighted by atomic mass is 9.67. The minimum atomic E-state index is -1.91. The molecule has 0 saturated carbocycles. The van der Waals surface area contributed by atoms with E-state index in [1.54, 1.807) is 41.5 Å². The third-order valence-electron chi connectivity index (χ3n) is 13.7. The lowest BCUT2D eigenvalue weighted by Crippen LogP contribution is -2.62. The van der Waals surface area contributed by atoms with E-state index < -0.39 is 107 Å². The molecule has 0 spiro atoms. The first-order chi connectivity index (χ1) is 26.4. The Balaban J connectivity index is 2.27. The summed E-state index contributed by atoms with van der Waals surface area (Å²) in [5, 5.41) is 62.4. The van der Waals surface area contributed by atoms with Gasteiger partial charge in [0.25, 0.3) is 0 Å². The second kappa shape index (κ2) is 20.4. The van der Waals surface area contributed by atoms with Crippen molar-refractivity contribution in [2.75, 3.05) is 27.3 Å². The minimum absolute atomic E-state index is 0.0554. The van der Waals surface area contributed by atoms with Crippen LogP contribution in [0.4, 0.5) is 0 Å². The predicted molar refractivity (Wildman–Crippen MR) is 213 cm³/mol. The van der Waals surface area contributed by atoms with E-state index in [0.29, 0.717) is 12.8 Å². The van der Waals surface area contributed by atoms with Crippen molar-refractivity contribution in [2.45, 2.75) is 199 Å². The van der Waals surface area contributed by atoms with Crippen molar-refractivity contribution in [2.24, 2.45) is 29.6 Å². The van der Waals surface area contributed by atoms with E-state index >= 15 is 0 Å². The molecule has 15 nitrogen and oxygen atoms in total. The molecule has 3 saturated heterocycles. The Bertz CT molecular complexity index is 1270. The van der Waals surface area contributed by atoms with Gasteiger partial charge >= 0.3 is 5.97 Å². The maximum Gasteiger partial charge on any atom is 0.309 e. The van der Waals surface area contributed by atoms with Crippen LogP contribution in [-0.2, 0) is 38.0 Å². The van der Waals surface area contributed by atoms with E-state index in [1.165, 1.54) is 14.0 Å². The summed E-state index contributed by atoms with van der Waals surface area (Å²) in [5.74, 6) is -4.24. The number of nitrogens with zero attached hydrogens (tertiary/aromatic N) is 1. The summed E-state index contributed by atoms with van der Waals surface area (Å²) in [6.45, 7) is 21.9. The van der Waals surface area contributed by atoms with Gasteiger partial charge in [0.15, 0.2) is 6.29 Å². The molecule has 0 aromatic carbocycles. The zero-order valence-electron chi connectivity index (χ0n) is 37.1. The molecule has 0 aliphatic carbocycles. The number of aliphatic hydroxyl groups is 5. The largest absolute Gasteiger partial charge is 0.459 e. The summed E-state index contributed by atoms with van der Waals surface area (Å²) >= 11 is 0. The Kier molecular flexibility index (Phi) is 17.8. The van der Waals surface area contributed by atoms with Crippen LogP contribution in [0, 0.1) is 29.6 Å². The van der Waals surface area contributed by atoms with Gasteiger partial charge in [0.1, 0.15) is 23.9 Å². The van der Waals surface area contributed by atoms with E-state index in [4.69, 9.17) is 28.4 Å². The van der Waals surface area contributed by atoms with Gasteiger partial charge in [0, 0.05) is 44.0 Å². The topological polar surface area (TPSA) is 206 Å². The number of likely N-dealkylation sites (N-methyl/N-ethyl adjacent to an activating group) is 1. The number of ether oxygens (including phenoxy) is 6. The molecule has 19 atom stereocenters. The van der Waals surface area contributed by atoms with Crippen molar-refractivity contribution >= 4 is 12.4 Å². The number of hydrogen-bond donors (Lipinski definition) is 6. The highest BCUT2D eigenvalue weighted by molar-refractivity contribution is 5.73. The monoisotopic (exact) mass is 819 g/mol. The smallest absolute Gasteiger partial charge is 0.309 e. The molecule has 3 heterocycles. The van der Waals surface area contributed by atoms with Crippen LogP contribution in [-0.4, -0.2) is 160 Å². The first-order valence-electron chi connectivity index (χ1n) is 21.1. The van der Waals surface area contributed by atoms with E-state index in [0.717, 1.165) is 0 Å². The number of amides is 1. The van der Waals surface area contributed by atoms with Crippen molar-refractivity contribution in [3.8, 4) is 0 Å². The van der Waals surface area contributed by atoms with Crippen molar-refractivity contribution < 1.29 is 63.5 Å². The van der Waals surface area contributed by atoms with Crippen LogP contribution in [0.5, 0.6) is 0 Å². The van der Waals surface area contributed by atoms with E-state index in [2.05, 4.69) is 10.2 Å². The third-order valence-corrected chi connectivity index (χ3v) is 13.7. The number of aliphatic hydroxyl groups excluding tert-OH is 3. The number of hydrogen-bond acceptors (Lipinski definition) is 14. The van der Waals surface area contributed by atoms with Gasteiger partial charge in [0.2, 0.25) is 6.41 Å². The van der Waals surface area contributed by atoms with Crippen molar-refractivity contribution in [1.82, 2.24) is 10.2 Å². The van der Waals surface area contributed by atoms with E-state index in [9.17, 15) is 35.1 Å². The summed E-state index contributed by atoms with van der Waals surface area (Å²) in [5.41, 5.74) is -4.66. The summed E-state index contributed by atoms with van der Waals surface area (Å²) in [6, 6.07) is -0.199. The van der Waals surface area contributed by atoms with Crippen molar-refractivity contribution in [3.63, 3.8) is 0 Å². The Labute approximate surface area is 341 Å². The average Bonchev–Trinajstić information content (AvgIpc) is 3.14. The van der Waals surface area contributed by atoms with Crippen LogP contribution < -0.4 is 5.32 Å². The molecule has 3 aliphatic heterocycles. The van der Waals surface area contributed by atoms with Gasteiger partial charge < -0.3 is 59.3 Å². The molecule has 0 radical (unpaired) electrons. The number of rotatable bonds is 12. The summed E-state index contributed by atoms with van der Waals surface area (Å²) in [4.78, 5) is 27.6. The van der Waals surface area contributed by atoms with Crippen molar-refractivity contribution in [1.29, 1.82) is 0 Å². The van der Waals surface area contributed by atoms with E-state index in [-0.39, 0.29) is 50.6 Å². The number of carbonyl (C=O) groups is 2. The zero-order valence-corrected chi connectivity index (χ0v) is 37.1. The van der Waals surface area contributed by atoms with Gasteiger partial charge in [-0.2, -0.15) is 0 Å². The molecule has 0 bridgehead atoms. The average molecular weight is 819 g/mol. The molecular formula is C42H78N2O13. The second-order valence-electron chi connectivity index (χ2n) is 18.5. The normalized spacial score (nSPS) is 47.0. The zero-order chi connectivity index (χ0) is 43.4. The molecule has 1 unspecified atom stereocenters. The summed E-state index contributed by atoms with van der Waals surface area (Å²) in [6.07, 6.45) is -7.81. The molecule has 3 fully saturated rings. The van der Waals surface area contributed by atoms with Crippen LogP contribution >= 0.6 is 0 Å². The number of cyclic esters (lactones) is 1. The minimum Gasteiger partial charge on any atom is -0.459 e. The molecule has 1 amide bonds. The van der Waals surface area contributed by atoms with Gasteiger partial charge in [-0.25, -0.2) is 0 Å². The maximum absolute atomic E-state index is 14.5. The van der Waals surface area contributed by atoms with Crippen LogP contribution in [0.15, 0.2) is 0 Å². The van der Waals surface area contributed by atoms with Crippen LogP contribution in [0.3, 0.4) is 0 Å². The first-order valence-corrected chi connectivity index (χ1v) is 21.1. The predicted octanol–water partition coefficient (Wildman–Crippen LogP) is 2.40. The molecule has 0 aromatic heterocycles. The lowest BCUT2D eigenvalue weighted by Gasteiger charge is -2.52. The molecule has 334 valence electrons. The molecular weight excluding hydrogens is 740 g/mol. The van der Waals surface area contributed by atoms with Gasteiger partial charge in [-0.05, 0) is 86.6 Å². The molecule has 6 N–H and O–H groups in total. The highest BCUT2D eigenvalue weighted by atomic mass is 16.7. The Morgan fingerprint density at radius 3 is 2.18 bits per heavy atom. The lowest BCUT2D eigenvalue weighted by molar-refractivity contribution is -0.304. The third kappa shape index (κ3) is 11.3. The molecule has 0 aromatic rings. The maximum atomic E-state index is 14.5. The Morgan fingerprint density at radius 1 is 0.982 bits per heavy atom. The standard InChI is InChI=1S/C42H78N2O13/c1-15-31-42(12,51)35(47)27(8)34(53-17-16-43-21-45)23(4)19-40(10,50)37(57-39-33(46)29(18-24(5)54-39)44(13)22(2)3)25(6)32(26(7)38(49)56-31)30-20-41(11,52-14)36(48)28(9)55-30/h21-37,39,46-48,50-51H,15-20H2,1-14H3,(H,43,45)/t23-,24-,25+,26-,27+,28+,29+,30?,31-,32+,33-,34+,35-,36+,37-,39+,40-,41-,42-/m1/s1. The number of carbonyl (C=O) groups excluding carboxylic acids is 2. The number of esters is 1. The number of nitrogens with one attached hydrogen (secondary N) is 1. The quantitative estimate of drug-likeness (QED) is 0.0951. The van der Waals surface area contributed by atoms with Gasteiger partial charge in [-0.15, -0.1) is 0 Å². The second-order valence-corrected chi connectivity index (χ2v) is 18.5. The molecule has 15 heteroatoms. The van der Waals surface area contributed by atoms with Crippen LogP contribution in [0.2, 0.25) is 0 Å².